The lowest BCUT2D eigenvalue weighted by Crippen LogP contribution is -2.59. The first-order valence-electron chi connectivity index (χ1n) is 10.7. The summed E-state index contributed by atoms with van der Waals surface area (Å²) in [7, 11) is -1.99. The molecule has 1 aliphatic rings. The van der Waals surface area contributed by atoms with E-state index in [2.05, 4.69) is 55.5 Å². The molecule has 1 saturated heterocycles. The predicted octanol–water partition coefficient (Wildman–Crippen LogP) is 5.13. The van der Waals surface area contributed by atoms with Crippen LogP contribution in [0.3, 0.4) is 0 Å². The second-order valence-corrected chi connectivity index (χ2v) is 14.6. The maximum absolute atomic E-state index is 11.9. The number of hydrogen-bond donors (Lipinski definition) is 0. The highest BCUT2D eigenvalue weighted by atomic mass is 127. The van der Waals surface area contributed by atoms with Crippen LogP contribution < -0.4 is 0 Å². The molecule has 31 heavy (non-hydrogen) atoms. The number of ether oxygens (including phenoxy) is 3. The van der Waals surface area contributed by atoms with Gasteiger partial charge in [-0.25, -0.2) is 0 Å². The second-order valence-electron chi connectivity index (χ2n) is 7.65. The predicted molar refractivity (Wildman–Crippen MR) is 133 cm³/mol. The fraction of sp³-hybridized carbons (Fsp3) is 0.636. The van der Waals surface area contributed by atoms with Gasteiger partial charge in [-0.3, -0.25) is 9.59 Å². The molecule has 9 heteroatoms. The zero-order chi connectivity index (χ0) is 23.0. The molecule has 1 aromatic carbocycles. The SMILES string of the molecule is CC[Si](CC)(CC)O[C@@H]1CO[C@@H](SCc2ccccc2I)[C@H](OC(C)=O)[C@H]1OC(C)=O. The number of halogens is 1. The van der Waals surface area contributed by atoms with Gasteiger partial charge in [-0.1, -0.05) is 39.0 Å². The summed E-state index contributed by atoms with van der Waals surface area (Å²) in [6.45, 7) is 9.47. The average Bonchev–Trinajstić information content (AvgIpc) is 2.74. The van der Waals surface area contributed by atoms with Gasteiger partial charge in [-0.15, -0.1) is 11.8 Å². The maximum atomic E-state index is 11.9. The summed E-state index contributed by atoms with van der Waals surface area (Å²) in [5.74, 6) is -0.163. The molecule has 0 radical (unpaired) electrons. The Hall–Kier alpha value is -0.623. The van der Waals surface area contributed by atoms with Gasteiger partial charge >= 0.3 is 11.9 Å². The highest BCUT2D eigenvalue weighted by Crippen LogP contribution is 2.35. The third-order valence-corrected chi connectivity index (χ3v) is 12.6. The lowest BCUT2D eigenvalue weighted by molar-refractivity contribution is -0.202. The van der Waals surface area contributed by atoms with E-state index < -0.39 is 44.0 Å². The first-order valence-corrected chi connectivity index (χ1v) is 15.4. The Kier molecular flexibility index (Phi) is 10.8. The van der Waals surface area contributed by atoms with Crippen molar-refractivity contribution in [3.8, 4) is 0 Å². The summed E-state index contributed by atoms with van der Waals surface area (Å²) < 4.78 is 25.3. The highest BCUT2D eigenvalue weighted by molar-refractivity contribution is 14.1. The van der Waals surface area contributed by atoms with Gasteiger partial charge in [0, 0.05) is 23.2 Å². The fourth-order valence-corrected chi connectivity index (χ4v) is 8.60. The normalized spacial score (nSPS) is 23.9. The molecule has 1 aliphatic heterocycles. The average molecular weight is 581 g/mol. The van der Waals surface area contributed by atoms with Crippen molar-refractivity contribution >= 4 is 54.6 Å². The monoisotopic (exact) mass is 580 g/mol. The smallest absolute Gasteiger partial charge is 0.303 e. The Morgan fingerprint density at radius 1 is 1.06 bits per heavy atom. The minimum atomic E-state index is -1.99. The molecule has 4 atom stereocenters. The summed E-state index contributed by atoms with van der Waals surface area (Å²) in [6, 6.07) is 11.0. The third kappa shape index (κ3) is 7.45. The van der Waals surface area contributed by atoms with Gasteiger partial charge in [0.2, 0.25) is 0 Å². The molecule has 0 spiro atoms. The Bertz CT molecular complexity index is 736. The van der Waals surface area contributed by atoms with Gasteiger partial charge in [0.05, 0.1) is 6.61 Å². The molecule has 0 N–H and O–H groups in total. The molecule has 0 aliphatic carbocycles. The van der Waals surface area contributed by atoms with Crippen LogP contribution in [-0.2, 0) is 34.0 Å². The van der Waals surface area contributed by atoms with Crippen molar-refractivity contribution in [1.82, 2.24) is 0 Å². The van der Waals surface area contributed by atoms with Gasteiger partial charge in [0.1, 0.15) is 11.5 Å². The van der Waals surface area contributed by atoms with Crippen molar-refractivity contribution < 1.29 is 28.2 Å². The van der Waals surface area contributed by atoms with Crippen molar-refractivity contribution in [2.75, 3.05) is 6.61 Å². The zero-order valence-electron chi connectivity index (χ0n) is 18.9. The van der Waals surface area contributed by atoms with E-state index in [1.165, 1.54) is 19.4 Å². The summed E-state index contributed by atoms with van der Waals surface area (Å²) in [6.07, 6.45) is -1.88. The third-order valence-electron chi connectivity index (χ3n) is 5.68. The number of thioether (sulfide) groups is 1. The quantitative estimate of drug-likeness (QED) is 0.216. The van der Waals surface area contributed by atoms with Crippen molar-refractivity contribution in [1.29, 1.82) is 0 Å². The van der Waals surface area contributed by atoms with Crippen LogP contribution in [0.5, 0.6) is 0 Å². The highest BCUT2D eigenvalue weighted by Gasteiger charge is 2.48. The number of rotatable bonds is 10. The lowest BCUT2D eigenvalue weighted by atomic mass is 10.1. The second kappa shape index (κ2) is 12.6. The summed E-state index contributed by atoms with van der Waals surface area (Å²) in [5, 5.41) is 0. The van der Waals surface area contributed by atoms with E-state index in [-0.39, 0.29) is 0 Å². The van der Waals surface area contributed by atoms with E-state index in [0.29, 0.717) is 12.4 Å². The minimum Gasteiger partial charge on any atom is -0.456 e. The van der Waals surface area contributed by atoms with Gasteiger partial charge in [0.15, 0.2) is 20.5 Å². The molecule has 0 amide bonds. The van der Waals surface area contributed by atoms with Crippen molar-refractivity contribution in [3.05, 3.63) is 33.4 Å². The molecular weight excluding hydrogens is 547 g/mol. The van der Waals surface area contributed by atoms with Crippen LogP contribution in [0.25, 0.3) is 0 Å². The van der Waals surface area contributed by atoms with Crippen molar-refractivity contribution in [3.63, 3.8) is 0 Å². The van der Waals surface area contributed by atoms with Gasteiger partial charge < -0.3 is 18.6 Å². The van der Waals surface area contributed by atoms with Crippen LogP contribution in [0.15, 0.2) is 24.3 Å². The van der Waals surface area contributed by atoms with Crippen LogP contribution in [0.2, 0.25) is 18.1 Å². The summed E-state index contributed by atoms with van der Waals surface area (Å²) in [5.41, 5.74) is 0.722. The van der Waals surface area contributed by atoms with Crippen LogP contribution in [0.4, 0.5) is 0 Å². The molecular formula is C22H33IO6SSi. The van der Waals surface area contributed by atoms with Crippen LogP contribution in [0.1, 0.15) is 40.2 Å². The number of benzene rings is 1. The van der Waals surface area contributed by atoms with Gasteiger partial charge in [0.25, 0.3) is 0 Å². The van der Waals surface area contributed by atoms with E-state index in [1.807, 2.05) is 12.1 Å². The van der Waals surface area contributed by atoms with Crippen LogP contribution in [0, 0.1) is 3.57 Å². The van der Waals surface area contributed by atoms with E-state index in [4.69, 9.17) is 18.6 Å². The molecule has 0 unspecified atom stereocenters. The van der Waals surface area contributed by atoms with Crippen LogP contribution in [-0.4, -0.2) is 50.6 Å². The standard InChI is InChI=1S/C22H33IO6SSi/c1-6-31(7-2,8-3)29-19-13-26-22(30-14-17-11-9-10-12-18(17)23)21(28-16(5)25)20(19)27-15(4)24/h9-12,19-22H,6-8,13-14H2,1-5H3/t19-,20+,21-,22+/m1/s1. The first kappa shape index (κ1) is 26.6. The van der Waals surface area contributed by atoms with Crippen molar-refractivity contribution in [2.24, 2.45) is 0 Å². The summed E-state index contributed by atoms with van der Waals surface area (Å²) in [4.78, 5) is 23.9. The van der Waals surface area contributed by atoms with Gasteiger partial charge in [-0.05, 0) is 52.4 Å². The molecule has 2 rings (SSSR count). The molecule has 0 aromatic heterocycles. The Balaban J connectivity index is 2.26. The van der Waals surface area contributed by atoms with E-state index in [9.17, 15) is 9.59 Å². The molecule has 1 aromatic rings. The van der Waals surface area contributed by atoms with E-state index >= 15 is 0 Å². The summed E-state index contributed by atoms with van der Waals surface area (Å²) >= 11 is 3.85. The molecule has 0 saturated carbocycles. The fourth-order valence-electron chi connectivity index (χ4n) is 3.75. The zero-order valence-corrected chi connectivity index (χ0v) is 22.9. The molecule has 174 valence electrons. The number of carbonyl (C=O) groups is 2. The Labute approximate surface area is 204 Å². The number of carbonyl (C=O) groups excluding carboxylic acids is 2. The molecule has 6 nitrogen and oxygen atoms in total. The number of hydrogen-bond acceptors (Lipinski definition) is 7. The molecule has 0 bridgehead atoms. The Morgan fingerprint density at radius 3 is 2.19 bits per heavy atom. The van der Waals surface area contributed by atoms with E-state index in [0.717, 1.165) is 21.7 Å². The number of esters is 2. The van der Waals surface area contributed by atoms with Crippen LogP contribution >= 0.6 is 34.4 Å². The largest absolute Gasteiger partial charge is 0.456 e. The first-order chi connectivity index (χ1) is 14.7. The topological polar surface area (TPSA) is 71.1 Å². The lowest BCUT2D eigenvalue weighted by Gasteiger charge is -2.44. The van der Waals surface area contributed by atoms with Crippen molar-refractivity contribution in [2.45, 2.75) is 82.3 Å². The van der Waals surface area contributed by atoms with E-state index in [1.54, 1.807) is 11.8 Å². The van der Waals surface area contributed by atoms with Gasteiger partial charge in [-0.2, -0.15) is 0 Å². The molecule has 1 heterocycles. The minimum absolute atomic E-state index is 0.300. The molecule has 1 fully saturated rings. The Morgan fingerprint density at radius 2 is 1.65 bits per heavy atom. The maximum Gasteiger partial charge on any atom is 0.303 e.